The molecule has 0 atom stereocenters. The Hall–Kier alpha value is -0.550. The Kier molecular flexibility index (Phi) is 9.00. The Balaban J connectivity index is 2.16. The van der Waals surface area contributed by atoms with Crippen molar-refractivity contribution < 1.29 is 9.47 Å². The minimum Gasteiger partial charge on any atom is -0.382 e. The fourth-order valence-electron chi connectivity index (χ4n) is 1.67. The molecule has 0 aromatic heterocycles. The van der Waals surface area contributed by atoms with Crippen LogP contribution in [0.2, 0.25) is 0 Å². The van der Waals surface area contributed by atoms with Crippen LogP contribution in [-0.4, -0.2) is 38.2 Å². The minimum atomic E-state index is 0.163. The summed E-state index contributed by atoms with van der Waals surface area (Å²) in [7, 11) is 1.69. The molecule has 0 radical (unpaired) electrons. The first kappa shape index (κ1) is 18.5. The van der Waals surface area contributed by atoms with Crippen LogP contribution in [0.4, 0.5) is 0 Å². The molecule has 0 spiro atoms. The SMILES string of the molecule is COCCOCCCSc1ccc(CNC(C)(C)C)cc1. The first-order valence-electron chi connectivity index (χ1n) is 7.55. The second-order valence-corrected chi connectivity index (χ2v) is 7.22. The fourth-order valence-corrected chi connectivity index (χ4v) is 2.49. The lowest BCUT2D eigenvalue weighted by atomic mass is 10.1. The molecular weight excluding hydrogens is 282 g/mol. The zero-order valence-electron chi connectivity index (χ0n) is 13.8. The topological polar surface area (TPSA) is 30.5 Å². The van der Waals surface area contributed by atoms with Crippen molar-refractivity contribution in [3.8, 4) is 0 Å². The third-order valence-corrected chi connectivity index (χ3v) is 3.98. The number of hydrogen-bond donors (Lipinski definition) is 1. The van der Waals surface area contributed by atoms with E-state index >= 15 is 0 Å². The molecule has 0 bridgehead atoms. The molecular formula is C17H29NO2S. The van der Waals surface area contributed by atoms with Crippen LogP contribution in [0.3, 0.4) is 0 Å². The zero-order chi connectivity index (χ0) is 15.6. The van der Waals surface area contributed by atoms with Crippen LogP contribution in [0.15, 0.2) is 29.2 Å². The van der Waals surface area contributed by atoms with Crippen molar-refractivity contribution >= 4 is 11.8 Å². The molecule has 0 heterocycles. The molecule has 0 aliphatic carbocycles. The summed E-state index contributed by atoms with van der Waals surface area (Å²) in [5.41, 5.74) is 1.49. The summed E-state index contributed by atoms with van der Waals surface area (Å²) in [6.45, 7) is 9.66. The van der Waals surface area contributed by atoms with Gasteiger partial charge in [-0.05, 0) is 44.9 Å². The standard InChI is InChI=1S/C17H29NO2S/c1-17(2,3)18-14-15-6-8-16(9-7-15)21-13-5-10-20-12-11-19-4/h6-9,18H,5,10-14H2,1-4H3. The van der Waals surface area contributed by atoms with Crippen LogP contribution in [0.1, 0.15) is 32.8 Å². The summed E-state index contributed by atoms with van der Waals surface area (Å²) in [4.78, 5) is 1.33. The summed E-state index contributed by atoms with van der Waals surface area (Å²) >= 11 is 1.88. The summed E-state index contributed by atoms with van der Waals surface area (Å²) in [6, 6.07) is 8.82. The highest BCUT2D eigenvalue weighted by Crippen LogP contribution is 2.19. The van der Waals surface area contributed by atoms with Gasteiger partial charge >= 0.3 is 0 Å². The second-order valence-electron chi connectivity index (χ2n) is 6.05. The zero-order valence-corrected chi connectivity index (χ0v) is 14.6. The van der Waals surface area contributed by atoms with Gasteiger partial charge in [-0.15, -0.1) is 11.8 Å². The molecule has 120 valence electrons. The third kappa shape index (κ3) is 9.91. The van der Waals surface area contributed by atoms with Gasteiger partial charge in [0.2, 0.25) is 0 Å². The minimum absolute atomic E-state index is 0.163. The average Bonchev–Trinajstić information content (AvgIpc) is 2.44. The van der Waals surface area contributed by atoms with E-state index in [0.29, 0.717) is 13.2 Å². The molecule has 1 aromatic carbocycles. The highest BCUT2D eigenvalue weighted by atomic mass is 32.2. The maximum atomic E-state index is 5.45. The van der Waals surface area contributed by atoms with Crippen molar-refractivity contribution in [2.24, 2.45) is 0 Å². The Morgan fingerprint density at radius 3 is 2.38 bits per heavy atom. The monoisotopic (exact) mass is 311 g/mol. The first-order valence-corrected chi connectivity index (χ1v) is 8.53. The molecule has 0 saturated carbocycles. The summed E-state index contributed by atoms with van der Waals surface area (Å²) in [5.74, 6) is 1.09. The van der Waals surface area contributed by atoms with Crippen molar-refractivity contribution in [1.29, 1.82) is 0 Å². The Morgan fingerprint density at radius 1 is 1.05 bits per heavy atom. The molecule has 0 aliphatic rings. The third-order valence-electron chi connectivity index (χ3n) is 2.88. The first-order chi connectivity index (χ1) is 10.0. The predicted molar refractivity (Wildman–Crippen MR) is 91.1 cm³/mol. The van der Waals surface area contributed by atoms with Crippen molar-refractivity contribution in [2.75, 3.05) is 32.7 Å². The number of methoxy groups -OCH3 is 1. The second kappa shape index (κ2) is 10.2. The lowest BCUT2D eigenvalue weighted by Gasteiger charge is -2.20. The van der Waals surface area contributed by atoms with E-state index < -0.39 is 0 Å². The highest BCUT2D eigenvalue weighted by molar-refractivity contribution is 7.99. The van der Waals surface area contributed by atoms with E-state index in [9.17, 15) is 0 Å². The molecule has 21 heavy (non-hydrogen) atoms. The van der Waals surface area contributed by atoms with Crippen LogP contribution in [0, 0.1) is 0 Å². The van der Waals surface area contributed by atoms with Gasteiger partial charge in [0.15, 0.2) is 0 Å². The quantitative estimate of drug-likeness (QED) is 0.527. The number of benzene rings is 1. The molecule has 0 fully saturated rings. The van der Waals surface area contributed by atoms with Crippen LogP contribution in [0.25, 0.3) is 0 Å². The Bertz CT molecular complexity index is 373. The van der Waals surface area contributed by atoms with Crippen molar-refractivity contribution in [3.63, 3.8) is 0 Å². The molecule has 0 amide bonds. The summed E-state index contributed by atoms with van der Waals surface area (Å²) in [6.07, 6.45) is 1.07. The Labute approximate surface area is 133 Å². The van der Waals surface area contributed by atoms with Crippen LogP contribution < -0.4 is 5.32 Å². The van der Waals surface area contributed by atoms with E-state index in [0.717, 1.165) is 25.3 Å². The molecule has 0 unspecified atom stereocenters. The maximum absolute atomic E-state index is 5.45. The number of ether oxygens (including phenoxy) is 2. The normalized spacial score (nSPS) is 11.8. The molecule has 0 saturated heterocycles. The molecule has 1 aromatic rings. The lowest BCUT2D eigenvalue weighted by molar-refractivity contribution is 0.0713. The van der Waals surface area contributed by atoms with Crippen molar-refractivity contribution in [2.45, 2.75) is 44.2 Å². The molecule has 1 rings (SSSR count). The van der Waals surface area contributed by atoms with Gasteiger partial charge in [0.25, 0.3) is 0 Å². The number of rotatable bonds is 10. The van der Waals surface area contributed by atoms with Gasteiger partial charge in [0.1, 0.15) is 0 Å². The number of thioether (sulfide) groups is 1. The molecule has 1 N–H and O–H groups in total. The average molecular weight is 311 g/mol. The Morgan fingerprint density at radius 2 is 1.76 bits per heavy atom. The van der Waals surface area contributed by atoms with E-state index in [4.69, 9.17) is 9.47 Å². The predicted octanol–water partition coefficient (Wildman–Crippen LogP) is 3.72. The smallest absolute Gasteiger partial charge is 0.0700 e. The summed E-state index contributed by atoms with van der Waals surface area (Å²) in [5, 5.41) is 3.50. The maximum Gasteiger partial charge on any atom is 0.0700 e. The van der Waals surface area contributed by atoms with Gasteiger partial charge < -0.3 is 14.8 Å². The summed E-state index contributed by atoms with van der Waals surface area (Å²) < 4.78 is 10.4. The van der Waals surface area contributed by atoms with Crippen LogP contribution in [0.5, 0.6) is 0 Å². The van der Waals surface area contributed by atoms with E-state index in [1.807, 2.05) is 11.8 Å². The van der Waals surface area contributed by atoms with E-state index in [1.165, 1.54) is 10.5 Å². The van der Waals surface area contributed by atoms with Crippen molar-refractivity contribution in [3.05, 3.63) is 29.8 Å². The fraction of sp³-hybridized carbons (Fsp3) is 0.647. The van der Waals surface area contributed by atoms with Gasteiger partial charge in [-0.1, -0.05) is 12.1 Å². The number of nitrogens with one attached hydrogen (secondary N) is 1. The lowest BCUT2D eigenvalue weighted by Crippen LogP contribution is -2.35. The van der Waals surface area contributed by atoms with Crippen LogP contribution >= 0.6 is 11.8 Å². The van der Waals surface area contributed by atoms with Gasteiger partial charge in [0.05, 0.1) is 13.2 Å². The van der Waals surface area contributed by atoms with Crippen molar-refractivity contribution in [1.82, 2.24) is 5.32 Å². The molecule has 3 nitrogen and oxygen atoms in total. The number of hydrogen-bond acceptors (Lipinski definition) is 4. The van der Waals surface area contributed by atoms with Gasteiger partial charge in [-0.3, -0.25) is 0 Å². The highest BCUT2D eigenvalue weighted by Gasteiger charge is 2.08. The largest absolute Gasteiger partial charge is 0.382 e. The van der Waals surface area contributed by atoms with Crippen LogP contribution in [-0.2, 0) is 16.0 Å². The molecule has 0 aliphatic heterocycles. The van der Waals surface area contributed by atoms with E-state index in [-0.39, 0.29) is 5.54 Å². The van der Waals surface area contributed by atoms with E-state index in [1.54, 1.807) is 7.11 Å². The van der Waals surface area contributed by atoms with Gasteiger partial charge in [-0.2, -0.15) is 0 Å². The van der Waals surface area contributed by atoms with Gasteiger partial charge in [0, 0.05) is 36.4 Å². The van der Waals surface area contributed by atoms with Gasteiger partial charge in [-0.25, -0.2) is 0 Å². The molecule has 4 heteroatoms. The van der Waals surface area contributed by atoms with E-state index in [2.05, 4.69) is 50.4 Å².